The second-order valence-corrected chi connectivity index (χ2v) is 5.22. The molecule has 0 bridgehead atoms. The van der Waals surface area contributed by atoms with E-state index in [1.165, 1.54) is 12.1 Å². The zero-order chi connectivity index (χ0) is 15.4. The molecule has 0 radical (unpaired) electrons. The summed E-state index contributed by atoms with van der Waals surface area (Å²) in [5.74, 6) is -0.941. The highest BCUT2D eigenvalue weighted by Gasteiger charge is 2.20. The first-order valence-corrected chi connectivity index (χ1v) is 6.92. The van der Waals surface area contributed by atoms with Crippen LogP contribution in [0.3, 0.4) is 0 Å². The first kappa shape index (κ1) is 15.5. The Morgan fingerprint density at radius 1 is 1.19 bits per heavy atom. The lowest BCUT2D eigenvalue weighted by Gasteiger charge is -2.22. The molecule has 0 aromatic heterocycles. The normalized spacial score (nSPS) is 13.7. The van der Waals surface area contributed by atoms with Gasteiger partial charge in [0.1, 0.15) is 11.9 Å². The smallest absolute Gasteiger partial charge is 0.239 e. The van der Waals surface area contributed by atoms with Gasteiger partial charge >= 0.3 is 0 Å². The van der Waals surface area contributed by atoms with Gasteiger partial charge in [-0.3, -0.25) is 10.1 Å². The van der Waals surface area contributed by atoms with E-state index in [-0.39, 0.29) is 11.1 Å². The van der Waals surface area contributed by atoms with Gasteiger partial charge in [0, 0.05) is 6.04 Å². The average Bonchev–Trinajstić information content (AvgIpc) is 2.48. The van der Waals surface area contributed by atoms with Crippen molar-refractivity contribution in [2.75, 3.05) is 0 Å². The number of benzene rings is 2. The average molecular weight is 307 g/mol. The Balaban J connectivity index is 2.20. The molecule has 3 nitrogen and oxygen atoms in total. The van der Waals surface area contributed by atoms with Crippen molar-refractivity contribution in [2.24, 2.45) is 5.73 Å². The van der Waals surface area contributed by atoms with Crippen molar-refractivity contribution < 1.29 is 9.18 Å². The molecule has 0 saturated heterocycles. The number of hydrogen-bond donors (Lipinski definition) is 2. The fraction of sp³-hybridized carbons (Fsp3) is 0.188. The van der Waals surface area contributed by atoms with Crippen LogP contribution in [0.25, 0.3) is 0 Å². The molecular formula is C16H16ClFN2O. The van der Waals surface area contributed by atoms with E-state index in [9.17, 15) is 9.18 Å². The number of amides is 1. The van der Waals surface area contributed by atoms with Crippen molar-refractivity contribution in [3.05, 3.63) is 70.5 Å². The van der Waals surface area contributed by atoms with E-state index in [0.717, 1.165) is 11.1 Å². The maximum atomic E-state index is 13.2. The molecule has 0 aliphatic rings. The molecule has 0 aliphatic heterocycles. The minimum absolute atomic E-state index is 0.0523. The van der Waals surface area contributed by atoms with Gasteiger partial charge in [0.05, 0.1) is 5.02 Å². The Hall–Kier alpha value is -1.91. The van der Waals surface area contributed by atoms with Crippen molar-refractivity contribution in [3.63, 3.8) is 0 Å². The molecule has 0 heterocycles. The van der Waals surface area contributed by atoms with Crippen LogP contribution in [0.5, 0.6) is 0 Å². The van der Waals surface area contributed by atoms with Gasteiger partial charge in [0.15, 0.2) is 0 Å². The lowest BCUT2D eigenvalue weighted by molar-refractivity contribution is -0.120. The second-order valence-electron chi connectivity index (χ2n) is 4.81. The highest BCUT2D eigenvalue weighted by atomic mass is 35.5. The molecule has 3 N–H and O–H groups in total. The summed E-state index contributed by atoms with van der Waals surface area (Å²) in [6, 6.07) is 12.8. The highest BCUT2D eigenvalue weighted by molar-refractivity contribution is 6.30. The summed E-state index contributed by atoms with van der Waals surface area (Å²) in [5.41, 5.74) is 7.03. The number of rotatable bonds is 5. The minimum atomic E-state index is -0.620. The lowest BCUT2D eigenvalue weighted by atomic mass is 10.0. The first-order chi connectivity index (χ1) is 9.99. The number of halogens is 2. The summed E-state index contributed by atoms with van der Waals surface area (Å²) in [4.78, 5) is 11.7. The second kappa shape index (κ2) is 6.70. The van der Waals surface area contributed by atoms with Crippen molar-refractivity contribution in [2.45, 2.75) is 19.0 Å². The number of primary amides is 1. The zero-order valence-electron chi connectivity index (χ0n) is 11.5. The van der Waals surface area contributed by atoms with Crippen LogP contribution in [0.2, 0.25) is 5.02 Å². The van der Waals surface area contributed by atoms with Crippen molar-refractivity contribution >= 4 is 17.5 Å². The third-order valence-electron chi connectivity index (χ3n) is 3.28. The maximum absolute atomic E-state index is 13.2. The van der Waals surface area contributed by atoms with Crippen LogP contribution in [-0.2, 0) is 4.79 Å². The van der Waals surface area contributed by atoms with Gasteiger partial charge in [-0.15, -0.1) is 0 Å². The van der Waals surface area contributed by atoms with Crippen molar-refractivity contribution in [3.8, 4) is 0 Å². The van der Waals surface area contributed by atoms with E-state index in [0.29, 0.717) is 0 Å². The quantitative estimate of drug-likeness (QED) is 0.890. The molecule has 2 aromatic rings. The van der Waals surface area contributed by atoms with Gasteiger partial charge in [0.2, 0.25) is 5.91 Å². The summed E-state index contributed by atoms with van der Waals surface area (Å²) in [6.45, 7) is 1.86. The predicted octanol–water partition coefficient (Wildman–Crippen LogP) is 3.36. The summed E-state index contributed by atoms with van der Waals surface area (Å²) >= 11 is 5.78. The van der Waals surface area contributed by atoms with Crippen molar-refractivity contribution in [1.29, 1.82) is 0 Å². The van der Waals surface area contributed by atoms with Crippen LogP contribution in [0, 0.1) is 5.82 Å². The van der Waals surface area contributed by atoms with E-state index >= 15 is 0 Å². The topological polar surface area (TPSA) is 55.1 Å². The standard InChI is InChI=1S/C16H16ClFN2O/c1-10(12-7-8-14(18)13(17)9-12)20-15(16(19)21)11-5-3-2-4-6-11/h2-10,15,20H,1H3,(H2,19,21)/t10-,15+/m0/s1. The van der Waals surface area contributed by atoms with Gasteiger partial charge in [-0.2, -0.15) is 0 Å². The van der Waals surface area contributed by atoms with Crippen LogP contribution in [0.1, 0.15) is 30.1 Å². The molecule has 0 unspecified atom stereocenters. The van der Waals surface area contributed by atoms with Crippen molar-refractivity contribution in [1.82, 2.24) is 5.32 Å². The summed E-state index contributed by atoms with van der Waals surface area (Å²) < 4.78 is 13.2. The minimum Gasteiger partial charge on any atom is -0.368 e. The summed E-state index contributed by atoms with van der Waals surface area (Å²) in [5, 5.41) is 3.19. The van der Waals surface area contributed by atoms with E-state index in [2.05, 4.69) is 5.32 Å². The van der Waals surface area contributed by atoms with Gasteiger partial charge in [-0.1, -0.05) is 48.0 Å². The lowest BCUT2D eigenvalue weighted by Crippen LogP contribution is -2.35. The molecule has 0 fully saturated rings. The fourth-order valence-electron chi connectivity index (χ4n) is 2.12. The molecule has 1 amide bonds. The van der Waals surface area contributed by atoms with Gasteiger partial charge < -0.3 is 5.73 Å². The predicted molar refractivity (Wildman–Crippen MR) is 81.3 cm³/mol. The molecule has 2 atom stereocenters. The Bertz CT molecular complexity index is 633. The van der Waals surface area contributed by atoms with E-state index in [4.69, 9.17) is 17.3 Å². The highest BCUT2D eigenvalue weighted by Crippen LogP contribution is 2.23. The van der Waals surface area contributed by atoms with Gasteiger partial charge in [0.25, 0.3) is 0 Å². The molecule has 110 valence electrons. The van der Waals surface area contributed by atoms with Crippen LogP contribution in [-0.4, -0.2) is 5.91 Å². The third kappa shape index (κ3) is 3.80. The maximum Gasteiger partial charge on any atom is 0.239 e. The van der Waals surface area contributed by atoms with Gasteiger partial charge in [-0.05, 0) is 30.2 Å². The Morgan fingerprint density at radius 3 is 2.43 bits per heavy atom. The largest absolute Gasteiger partial charge is 0.368 e. The number of hydrogen-bond acceptors (Lipinski definition) is 2. The molecule has 2 rings (SSSR count). The van der Waals surface area contributed by atoms with E-state index in [1.54, 1.807) is 6.07 Å². The number of nitrogens with two attached hydrogens (primary N) is 1. The van der Waals surface area contributed by atoms with Crippen LogP contribution in [0.15, 0.2) is 48.5 Å². The SMILES string of the molecule is C[C@H](N[C@@H](C(N)=O)c1ccccc1)c1ccc(F)c(Cl)c1. The van der Waals surface area contributed by atoms with E-state index < -0.39 is 17.8 Å². The van der Waals surface area contributed by atoms with E-state index in [1.807, 2.05) is 37.3 Å². The third-order valence-corrected chi connectivity index (χ3v) is 3.57. The first-order valence-electron chi connectivity index (χ1n) is 6.54. The fourth-order valence-corrected chi connectivity index (χ4v) is 2.31. The monoisotopic (exact) mass is 306 g/mol. The molecular weight excluding hydrogens is 291 g/mol. The molecule has 0 aliphatic carbocycles. The molecule has 2 aromatic carbocycles. The summed E-state index contributed by atoms with van der Waals surface area (Å²) in [6.07, 6.45) is 0. The number of nitrogens with one attached hydrogen (secondary N) is 1. The number of carbonyl (C=O) groups is 1. The Kier molecular flexibility index (Phi) is 4.94. The van der Waals surface area contributed by atoms with Crippen LogP contribution >= 0.6 is 11.6 Å². The molecule has 0 spiro atoms. The van der Waals surface area contributed by atoms with Crippen LogP contribution < -0.4 is 11.1 Å². The molecule has 0 saturated carbocycles. The molecule has 21 heavy (non-hydrogen) atoms. The van der Waals surface area contributed by atoms with Gasteiger partial charge in [-0.25, -0.2) is 4.39 Å². The Morgan fingerprint density at radius 2 is 1.86 bits per heavy atom. The summed E-state index contributed by atoms with van der Waals surface area (Å²) in [7, 11) is 0. The number of carbonyl (C=O) groups excluding carboxylic acids is 1. The van der Waals surface area contributed by atoms with Crippen LogP contribution in [0.4, 0.5) is 4.39 Å². The molecule has 5 heteroatoms. The Labute approximate surface area is 127 Å². The zero-order valence-corrected chi connectivity index (χ0v) is 12.3.